The lowest BCUT2D eigenvalue weighted by molar-refractivity contribution is -0.116. The third-order valence-electron chi connectivity index (χ3n) is 5.34. The Morgan fingerprint density at radius 2 is 1.94 bits per heavy atom. The van der Waals surface area contributed by atoms with Crippen LogP contribution in [0.1, 0.15) is 42.4 Å². The first-order chi connectivity index (χ1) is 15.5. The zero-order valence-electron chi connectivity index (χ0n) is 17.9. The average molecular weight is 470 g/mol. The predicted molar refractivity (Wildman–Crippen MR) is 128 cm³/mol. The van der Waals surface area contributed by atoms with Crippen LogP contribution in [0.4, 0.5) is 5.82 Å². The van der Waals surface area contributed by atoms with Crippen LogP contribution in [0.3, 0.4) is 0 Å². The number of hydrogen-bond donors (Lipinski definition) is 1. The van der Waals surface area contributed by atoms with Crippen molar-refractivity contribution in [2.75, 3.05) is 11.9 Å². The van der Waals surface area contributed by atoms with Crippen molar-refractivity contribution >= 4 is 35.1 Å². The van der Waals surface area contributed by atoms with E-state index < -0.39 is 5.92 Å². The lowest BCUT2D eigenvalue weighted by Gasteiger charge is -2.28. The van der Waals surface area contributed by atoms with Crippen molar-refractivity contribution in [1.82, 2.24) is 9.55 Å². The Bertz CT molecular complexity index is 1190. The van der Waals surface area contributed by atoms with Crippen molar-refractivity contribution in [2.24, 2.45) is 7.05 Å². The van der Waals surface area contributed by atoms with E-state index in [-0.39, 0.29) is 17.9 Å². The number of rotatable bonds is 7. The highest BCUT2D eigenvalue weighted by molar-refractivity contribution is 7.98. The van der Waals surface area contributed by atoms with Crippen LogP contribution in [-0.4, -0.2) is 22.1 Å². The van der Waals surface area contributed by atoms with Gasteiger partial charge in [0.25, 0.3) is 5.56 Å². The smallest absolute Gasteiger partial charge is 0.279 e. The number of nitrogens with one attached hydrogen (secondary N) is 1. The van der Waals surface area contributed by atoms with Crippen molar-refractivity contribution < 1.29 is 9.53 Å². The van der Waals surface area contributed by atoms with Crippen LogP contribution >= 0.6 is 23.4 Å². The minimum absolute atomic E-state index is 0.136. The number of benzene rings is 2. The number of carbonyl (C=O) groups excluding carboxylic acids is 1. The molecule has 8 heteroatoms. The number of nitrogens with zero attached hydrogens (tertiary/aromatic N) is 2. The maximum Gasteiger partial charge on any atom is 0.279 e. The summed E-state index contributed by atoms with van der Waals surface area (Å²) in [5.41, 5.74) is 2.07. The number of aromatic nitrogens is 2. The molecule has 1 unspecified atom stereocenters. The lowest BCUT2D eigenvalue weighted by atomic mass is 9.86. The van der Waals surface area contributed by atoms with Gasteiger partial charge in [-0.1, -0.05) is 60.6 Å². The first kappa shape index (κ1) is 22.4. The van der Waals surface area contributed by atoms with Crippen LogP contribution in [0.2, 0.25) is 5.02 Å². The van der Waals surface area contributed by atoms with Gasteiger partial charge in [0.1, 0.15) is 11.6 Å². The quantitative estimate of drug-likeness (QED) is 0.390. The third kappa shape index (κ3) is 4.69. The van der Waals surface area contributed by atoms with Gasteiger partial charge < -0.3 is 14.6 Å². The van der Waals surface area contributed by atoms with Crippen molar-refractivity contribution in [2.45, 2.75) is 36.6 Å². The number of amides is 1. The molecule has 0 bridgehead atoms. The summed E-state index contributed by atoms with van der Waals surface area (Å²) in [6.07, 6.45) is 1.04. The van der Waals surface area contributed by atoms with Crippen molar-refractivity contribution in [3.05, 3.63) is 80.6 Å². The van der Waals surface area contributed by atoms with Crippen molar-refractivity contribution in [3.63, 3.8) is 0 Å². The van der Waals surface area contributed by atoms with Gasteiger partial charge in [-0.25, -0.2) is 0 Å². The molecule has 1 amide bonds. The monoisotopic (exact) mass is 469 g/mol. The van der Waals surface area contributed by atoms with E-state index in [0.717, 1.165) is 17.5 Å². The molecule has 1 N–H and O–H groups in total. The normalized spacial score (nSPS) is 15.2. The second-order valence-electron chi connectivity index (χ2n) is 7.63. The highest BCUT2D eigenvalue weighted by Gasteiger charge is 2.33. The molecular formula is C24H24ClN3O3S. The van der Waals surface area contributed by atoms with Crippen LogP contribution in [-0.2, 0) is 17.6 Å². The molecular weight excluding hydrogens is 446 g/mol. The molecule has 0 spiro atoms. The number of fused-ring (bicyclic) bond motifs is 1. The molecule has 1 aromatic heterocycles. The van der Waals surface area contributed by atoms with E-state index in [0.29, 0.717) is 39.7 Å². The highest BCUT2D eigenvalue weighted by Crippen LogP contribution is 2.39. The molecule has 6 nitrogen and oxygen atoms in total. The highest BCUT2D eigenvalue weighted by atomic mass is 35.5. The van der Waals surface area contributed by atoms with Gasteiger partial charge in [-0.3, -0.25) is 9.59 Å². The molecule has 1 aliphatic heterocycles. The molecule has 0 radical (unpaired) electrons. The van der Waals surface area contributed by atoms with E-state index in [9.17, 15) is 9.59 Å². The zero-order valence-corrected chi connectivity index (χ0v) is 19.5. The summed E-state index contributed by atoms with van der Waals surface area (Å²) in [7, 11) is 1.82. The van der Waals surface area contributed by atoms with Gasteiger partial charge in [0.15, 0.2) is 5.16 Å². The van der Waals surface area contributed by atoms with Crippen LogP contribution in [0.5, 0.6) is 5.75 Å². The summed E-state index contributed by atoms with van der Waals surface area (Å²) in [5, 5.41) is 4.11. The van der Waals surface area contributed by atoms with Gasteiger partial charge in [-0.2, -0.15) is 4.98 Å². The molecule has 166 valence electrons. The van der Waals surface area contributed by atoms with Gasteiger partial charge in [0, 0.05) is 35.7 Å². The molecule has 1 aliphatic rings. The van der Waals surface area contributed by atoms with Crippen LogP contribution in [0, 0.1) is 0 Å². The molecule has 3 aromatic rings. The minimum atomic E-state index is -0.409. The van der Waals surface area contributed by atoms with Crippen LogP contribution in [0.25, 0.3) is 0 Å². The van der Waals surface area contributed by atoms with Crippen molar-refractivity contribution in [3.8, 4) is 5.75 Å². The molecule has 32 heavy (non-hydrogen) atoms. The molecule has 0 saturated carbocycles. The topological polar surface area (TPSA) is 73.2 Å². The Morgan fingerprint density at radius 3 is 2.69 bits per heavy atom. The largest absolute Gasteiger partial charge is 0.493 e. The van der Waals surface area contributed by atoms with E-state index in [1.165, 1.54) is 11.8 Å². The van der Waals surface area contributed by atoms with Crippen LogP contribution in [0.15, 0.2) is 58.5 Å². The predicted octanol–water partition coefficient (Wildman–Crippen LogP) is 4.99. The Hall–Kier alpha value is -2.77. The number of para-hydroxylation sites is 1. The maximum absolute atomic E-state index is 13.2. The van der Waals surface area contributed by atoms with E-state index in [1.54, 1.807) is 4.57 Å². The van der Waals surface area contributed by atoms with Gasteiger partial charge in [-0.15, -0.1) is 0 Å². The number of carbonyl (C=O) groups is 1. The average Bonchev–Trinajstić information content (AvgIpc) is 2.79. The minimum Gasteiger partial charge on any atom is -0.493 e. The van der Waals surface area contributed by atoms with E-state index >= 15 is 0 Å². The Balaban J connectivity index is 1.70. The number of hydrogen-bond acceptors (Lipinski definition) is 5. The molecule has 0 aliphatic carbocycles. The number of thioether (sulfide) groups is 1. The molecule has 1 atom stereocenters. The molecule has 0 fully saturated rings. The van der Waals surface area contributed by atoms with Crippen molar-refractivity contribution in [1.29, 1.82) is 0 Å². The second kappa shape index (κ2) is 9.79. The van der Waals surface area contributed by atoms with E-state index in [4.69, 9.17) is 16.3 Å². The Labute approximate surface area is 196 Å². The maximum atomic E-state index is 13.2. The first-order valence-corrected chi connectivity index (χ1v) is 11.8. The SMILES string of the molecule is CCCOc1ccccc1C1CC(=O)Nc2c1c(=O)nc(SCc1ccc(Cl)cc1)n2C. The summed E-state index contributed by atoms with van der Waals surface area (Å²) in [6.45, 7) is 2.61. The number of anilines is 1. The summed E-state index contributed by atoms with van der Waals surface area (Å²) in [5.74, 6) is 1.27. The number of halogens is 1. The third-order valence-corrected chi connectivity index (χ3v) is 6.69. The fraction of sp³-hybridized carbons (Fsp3) is 0.292. The molecule has 4 rings (SSSR count). The fourth-order valence-electron chi connectivity index (χ4n) is 3.77. The summed E-state index contributed by atoms with van der Waals surface area (Å²) < 4.78 is 7.69. The Morgan fingerprint density at radius 1 is 1.19 bits per heavy atom. The molecule has 2 aromatic carbocycles. The van der Waals surface area contributed by atoms with E-state index in [1.807, 2.05) is 62.5 Å². The fourth-order valence-corrected chi connectivity index (χ4v) is 4.82. The zero-order chi connectivity index (χ0) is 22.7. The summed E-state index contributed by atoms with van der Waals surface area (Å²) >= 11 is 7.40. The Kier molecular flexibility index (Phi) is 6.86. The summed E-state index contributed by atoms with van der Waals surface area (Å²) in [6, 6.07) is 15.1. The lowest BCUT2D eigenvalue weighted by Crippen LogP contribution is -2.33. The molecule has 2 heterocycles. The van der Waals surface area contributed by atoms with Gasteiger partial charge in [-0.05, 0) is 30.2 Å². The standard InChI is InChI=1S/C24H24ClN3O3S/c1-3-12-31-19-7-5-4-6-17(19)18-13-20(29)26-22-21(18)23(30)27-24(28(22)2)32-14-15-8-10-16(25)11-9-15/h4-11,18H,3,12-14H2,1-2H3,(H,26,29). The van der Waals surface area contributed by atoms with Crippen LogP contribution < -0.4 is 15.6 Å². The molecule has 0 saturated heterocycles. The van der Waals surface area contributed by atoms with Gasteiger partial charge in [0.05, 0.1) is 12.2 Å². The number of ether oxygens (including phenoxy) is 1. The van der Waals surface area contributed by atoms with Gasteiger partial charge in [0.2, 0.25) is 5.91 Å². The van der Waals surface area contributed by atoms with Gasteiger partial charge >= 0.3 is 0 Å². The first-order valence-electron chi connectivity index (χ1n) is 10.5. The van der Waals surface area contributed by atoms with E-state index in [2.05, 4.69) is 10.3 Å². The second-order valence-corrected chi connectivity index (χ2v) is 9.01. The summed E-state index contributed by atoms with van der Waals surface area (Å²) in [4.78, 5) is 30.1.